The van der Waals surface area contributed by atoms with Gasteiger partial charge in [-0.1, -0.05) is 0 Å². The first-order valence-corrected chi connectivity index (χ1v) is 26.4. The van der Waals surface area contributed by atoms with Crippen LogP contribution in [0, 0.1) is 5.41 Å². The highest BCUT2D eigenvalue weighted by atomic mass is 19.5. The molecule has 0 fully saturated rings. The van der Waals surface area contributed by atoms with E-state index in [0.717, 1.165) is 19.6 Å². The Morgan fingerprint density at radius 1 is 0.239 bits per heavy atom. The van der Waals surface area contributed by atoms with Crippen LogP contribution in [0.5, 0.6) is 0 Å². The predicted octanol–water partition coefficient (Wildman–Crippen LogP) is 8.28. The molecule has 0 spiro atoms. The molecule has 0 heterocycles. The summed E-state index contributed by atoms with van der Waals surface area (Å²) in [5.74, 6) is -9.98. The van der Waals surface area contributed by atoms with Crippen LogP contribution in [0.1, 0.15) is 55.4 Å². The van der Waals surface area contributed by atoms with Gasteiger partial charge in [-0.05, 0) is 55.4 Å². The standard InChI is InChI=1S/C47H62F27N7O11/c1-9-75(10-2)28(82)17-79(18-29(83)76(11-3)12-4)32(86)21-81(22-33(87)80(19-30(84)77(13-5)14-6)20-31(85)78(15-7)16-8)34(88)23-89-24-35(25-90-36(39(48,49)50,40(51,52)53)41(54,55)56,26-91-37(42(57,58)59,43(60,61)62)44(63,64)65)27-92-38(45(66,67)68,46(69,70)71)47(72,73)74/h9-27H2,1-8H3. The zero-order chi connectivity index (χ0) is 72.8. The largest absolute Gasteiger partial charge is 0.435 e. The third-order valence-electron chi connectivity index (χ3n) is 13.5. The molecule has 540 valence electrons. The van der Waals surface area contributed by atoms with E-state index in [0.29, 0.717) is 9.80 Å². The SMILES string of the molecule is CCN(CC)C(=O)CN(CC(=O)N(CC)CC)C(=O)CN(CC(=O)N(CC(=O)N(CC)CC)CC(=O)N(CC)CC)C(=O)COCC(COC(C(F)(F)F)(C(F)(F)F)C(F)(F)F)(COC(C(F)(F)F)(C(F)(F)F)C(F)(F)F)COC(C(F)(F)F)(C(F)(F)F)C(F)(F)F. The first-order valence-electron chi connectivity index (χ1n) is 26.4. The minimum Gasteiger partial charge on any atom is -0.371 e. The smallest absolute Gasteiger partial charge is 0.371 e. The number of carbonyl (C=O) groups is 7. The van der Waals surface area contributed by atoms with Crippen LogP contribution in [0.4, 0.5) is 119 Å². The molecule has 0 aliphatic rings. The molecule has 0 aliphatic heterocycles. The van der Waals surface area contributed by atoms with E-state index in [1.807, 2.05) is 0 Å². The first-order chi connectivity index (χ1) is 41.3. The van der Waals surface area contributed by atoms with E-state index in [-0.39, 0.29) is 57.3 Å². The van der Waals surface area contributed by atoms with Crippen LogP contribution >= 0.6 is 0 Å². The van der Waals surface area contributed by atoms with Gasteiger partial charge in [0.05, 0.1) is 31.8 Å². The van der Waals surface area contributed by atoms with Crippen molar-refractivity contribution in [1.29, 1.82) is 0 Å². The van der Waals surface area contributed by atoms with E-state index in [9.17, 15) is 152 Å². The molecule has 0 saturated heterocycles. The van der Waals surface area contributed by atoms with Gasteiger partial charge in [0.25, 0.3) is 0 Å². The van der Waals surface area contributed by atoms with Crippen LogP contribution in [-0.4, -0.2) is 273 Å². The van der Waals surface area contributed by atoms with Crippen LogP contribution in [-0.2, 0) is 52.5 Å². The molecule has 0 atom stereocenters. The fourth-order valence-electron chi connectivity index (χ4n) is 8.24. The van der Waals surface area contributed by atoms with E-state index in [2.05, 4.69) is 18.9 Å². The summed E-state index contributed by atoms with van der Waals surface area (Å²) in [6, 6.07) is 0. The summed E-state index contributed by atoms with van der Waals surface area (Å²) in [7, 11) is 0. The van der Waals surface area contributed by atoms with E-state index < -0.39 is 191 Å². The van der Waals surface area contributed by atoms with E-state index >= 15 is 0 Å². The van der Waals surface area contributed by atoms with Crippen molar-refractivity contribution in [3.8, 4) is 0 Å². The second-order valence-corrected chi connectivity index (χ2v) is 19.4. The van der Waals surface area contributed by atoms with Gasteiger partial charge in [-0.25, -0.2) is 0 Å². The lowest BCUT2D eigenvalue weighted by Crippen LogP contribution is -2.71. The Kier molecular flexibility index (Phi) is 30.1. The van der Waals surface area contributed by atoms with Crippen molar-refractivity contribution in [1.82, 2.24) is 34.3 Å². The minimum absolute atomic E-state index is 0.147. The number of amides is 7. The molecule has 18 nitrogen and oxygen atoms in total. The molecule has 0 aliphatic carbocycles. The minimum atomic E-state index is -8.28. The highest BCUT2D eigenvalue weighted by molar-refractivity contribution is 5.95. The fourth-order valence-corrected chi connectivity index (χ4v) is 8.24. The average Bonchev–Trinajstić information content (AvgIpc) is 0.738. The average molecular weight is 1410 g/mol. The van der Waals surface area contributed by atoms with Gasteiger partial charge in [0.1, 0.15) is 45.9 Å². The molecule has 0 saturated carbocycles. The van der Waals surface area contributed by atoms with Crippen LogP contribution in [0.15, 0.2) is 0 Å². The van der Waals surface area contributed by atoms with Crippen molar-refractivity contribution >= 4 is 41.4 Å². The Labute approximate surface area is 504 Å². The number of carbonyl (C=O) groups excluding carboxylic acids is 7. The van der Waals surface area contributed by atoms with E-state index in [1.54, 1.807) is 0 Å². The van der Waals surface area contributed by atoms with Crippen molar-refractivity contribution in [2.75, 3.05) is 125 Å². The third-order valence-corrected chi connectivity index (χ3v) is 13.5. The molecule has 7 amide bonds. The van der Waals surface area contributed by atoms with Gasteiger partial charge >= 0.3 is 72.4 Å². The summed E-state index contributed by atoms with van der Waals surface area (Å²) < 4.78 is 397. The number of hydrogen-bond donors (Lipinski definition) is 0. The lowest BCUT2D eigenvalue weighted by Gasteiger charge is -2.45. The zero-order valence-electron chi connectivity index (χ0n) is 49.3. The number of nitrogens with zero attached hydrogens (tertiary/aromatic N) is 7. The number of likely N-dealkylation sites (N-methyl/N-ethyl adjacent to an activating group) is 4. The van der Waals surface area contributed by atoms with Crippen LogP contribution in [0.25, 0.3) is 0 Å². The molecule has 0 aromatic rings. The highest BCUT2D eigenvalue weighted by Gasteiger charge is 2.89. The number of hydrogen-bond acceptors (Lipinski definition) is 11. The maximum absolute atomic E-state index is 14.3. The number of halogens is 27. The normalized spacial score (nSPS) is 13.8. The lowest BCUT2D eigenvalue weighted by molar-refractivity contribution is -0.474. The summed E-state index contributed by atoms with van der Waals surface area (Å²) >= 11 is 0. The molecular weight excluding hydrogens is 1350 g/mol. The molecule has 0 aromatic carbocycles. The van der Waals surface area contributed by atoms with Crippen LogP contribution in [0.2, 0.25) is 0 Å². The van der Waals surface area contributed by atoms with Gasteiger partial charge in [0.2, 0.25) is 41.4 Å². The third kappa shape index (κ3) is 19.9. The predicted molar refractivity (Wildman–Crippen MR) is 255 cm³/mol. The quantitative estimate of drug-likeness (QED) is 0.0578. The molecular formula is C47H62F27N7O11. The van der Waals surface area contributed by atoms with Crippen molar-refractivity contribution in [3.63, 3.8) is 0 Å². The summed E-state index contributed by atoms with van der Waals surface area (Å²) in [4.78, 5) is 101. The van der Waals surface area contributed by atoms with E-state index in [1.165, 1.54) is 55.4 Å². The number of rotatable bonds is 33. The second-order valence-electron chi connectivity index (χ2n) is 19.4. The molecule has 0 radical (unpaired) electrons. The zero-order valence-corrected chi connectivity index (χ0v) is 49.3. The summed E-state index contributed by atoms with van der Waals surface area (Å²) in [5.41, 5.74) is -30.2. The molecule has 0 bridgehead atoms. The first kappa shape index (κ1) is 86.2. The van der Waals surface area contributed by atoms with Gasteiger partial charge in [0, 0.05) is 52.4 Å². The van der Waals surface area contributed by atoms with Crippen LogP contribution < -0.4 is 0 Å². The van der Waals surface area contributed by atoms with Gasteiger partial charge in [-0.2, -0.15) is 119 Å². The number of alkyl halides is 27. The second kappa shape index (κ2) is 32.1. The summed E-state index contributed by atoms with van der Waals surface area (Å²) in [6.07, 6.45) is -74.6. The van der Waals surface area contributed by atoms with E-state index in [4.69, 9.17) is 0 Å². The summed E-state index contributed by atoms with van der Waals surface area (Å²) in [5, 5.41) is 0. The Bertz CT molecular complexity index is 2070. The molecule has 45 heteroatoms. The molecule has 92 heavy (non-hydrogen) atoms. The van der Waals surface area contributed by atoms with Crippen molar-refractivity contribution in [3.05, 3.63) is 0 Å². The maximum atomic E-state index is 14.3. The molecule has 0 unspecified atom stereocenters. The molecule has 0 N–H and O–H groups in total. The monoisotopic (exact) mass is 1410 g/mol. The van der Waals surface area contributed by atoms with Gasteiger partial charge in [-0.3, -0.25) is 33.6 Å². The Morgan fingerprint density at radius 2 is 0.391 bits per heavy atom. The Balaban J connectivity index is 9.36. The fraction of sp³-hybridized carbons (Fsp3) is 0.851. The molecule has 0 rings (SSSR count). The van der Waals surface area contributed by atoms with Crippen molar-refractivity contribution in [2.45, 2.75) is 128 Å². The molecule has 0 aromatic heterocycles. The highest BCUT2D eigenvalue weighted by Crippen LogP contribution is 2.59. The number of ether oxygens (including phenoxy) is 4. The Hall–Kier alpha value is -5.76. The topological polar surface area (TPSA) is 179 Å². The Morgan fingerprint density at radius 3 is 0.543 bits per heavy atom. The van der Waals surface area contributed by atoms with Crippen LogP contribution in [0.3, 0.4) is 0 Å². The van der Waals surface area contributed by atoms with Crippen molar-refractivity contribution < 1.29 is 171 Å². The van der Waals surface area contributed by atoms with Gasteiger partial charge in [-0.15, -0.1) is 0 Å². The summed E-state index contributed by atoms with van der Waals surface area (Å²) in [6.45, 7) is -17.8. The van der Waals surface area contributed by atoms with Gasteiger partial charge < -0.3 is 53.2 Å². The van der Waals surface area contributed by atoms with Gasteiger partial charge in [0.15, 0.2) is 0 Å². The van der Waals surface area contributed by atoms with Crippen molar-refractivity contribution in [2.24, 2.45) is 5.41 Å². The lowest BCUT2D eigenvalue weighted by atomic mass is 9.89. The maximum Gasteiger partial charge on any atom is 0.435 e.